The van der Waals surface area contributed by atoms with Gasteiger partial charge in [0.05, 0.1) is 0 Å². The first-order valence-corrected chi connectivity index (χ1v) is 9.45. The molecule has 1 amide bonds. The number of carbonyl (C=O) groups excluding carboxylic acids is 1. The molecule has 0 atom stereocenters. The molecular weight excluding hydrogens is 338 g/mol. The number of nitrogens with zero attached hydrogens (tertiary/aromatic N) is 1. The third-order valence-corrected chi connectivity index (χ3v) is 4.77. The lowest BCUT2D eigenvalue weighted by Crippen LogP contribution is -2.62. The Hall–Kier alpha value is -2.40. The highest BCUT2D eigenvalue weighted by Crippen LogP contribution is 2.28. The summed E-state index contributed by atoms with van der Waals surface area (Å²) in [5, 5.41) is 6.84. The van der Waals surface area contributed by atoms with Crippen LogP contribution in [0.5, 0.6) is 5.88 Å². The van der Waals surface area contributed by atoms with E-state index in [1.165, 1.54) is 0 Å². The van der Waals surface area contributed by atoms with Crippen molar-refractivity contribution >= 4 is 5.91 Å². The molecule has 2 heterocycles. The van der Waals surface area contributed by atoms with Gasteiger partial charge in [-0.15, -0.1) is 0 Å². The lowest BCUT2D eigenvalue weighted by molar-refractivity contribution is 0.0873. The number of rotatable bonds is 5. The van der Waals surface area contributed by atoms with Crippen molar-refractivity contribution in [1.29, 1.82) is 0 Å². The highest BCUT2D eigenvalue weighted by molar-refractivity contribution is 5.94. The fraction of sp³-hybridized carbons (Fsp3) is 0.455. The Labute approximate surface area is 161 Å². The van der Waals surface area contributed by atoms with Crippen LogP contribution in [-0.4, -0.2) is 28.0 Å². The summed E-state index contributed by atoms with van der Waals surface area (Å²) >= 11 is 0. The van der Waals surface area contributed by atoms with Gasteiger partial charge in [-0.25, -0.2) is 4.98 Å². The van der Waals surface area contributed by atoms with Gasteiger partial charge in [-0.3, -0.25) is 4.79 Å². The average Bonchev–Trinajstić information content (AvgIpc) is 2.58. The van der Waals surface area contributed by atoms with Gasteiger partial charge in [0.25, 0.3) is 5.91 Å². The predicted octanol–water partition coefficient (Wildman–Crippen LogP) is 3.70. The lowest BCUT2D eigenvalue weighted by atomic mass is 9.79. The Balaban J connectivity index is 1.57. The van der Waals surface area contributed by atoms with Gasteiger partial charge in [-0.2, -0.15) is 0 Å². The van der Waals surface area contributed by atoms with Crippen LogP contribution in [0.4, 0.5) is 0 Å². The molecule has 0 spiro atoms. The monoisotopic (exact) mass is 367 g/mol. The molecular formula is C22H29N3O2. The first-order valence-electron chi connectivity index (χ1n) is 9.45. The van der Waals surface area contributed by atoms with Gasteiger partial charge in [0, 0.05) is 34.9 Å². The molecule has 27 heavy (non-hydrogen) atoms. The largest absolute Gasteiger partial charge is 0.473 e. The summed E-state index contributed by atoms with van der Waals surface area (Å²) in [7, 11) is 0. The third-order valence-electron chi connectivity index (χ3n) is 4.77. The van der Waals surface area contributed by atoms with Gasteiger partial charge in [0.15, 0.2) is 0 Å². The summed E-state index contributed by atoms with van der Waals surface area (Å²) in [5.74, 6) is 0.571. The van der Waals surface area contributed by atoms with Crippen molar-refractivity contribution in [3.05, 3.63) is 59.8 Å². The number of piperidine rings is 1. The van der Waals surface area contributed by atoms with E-state index >= 15 is 0 Å². The van der Waals surface area contributed by atoms with Gasteiger partial charge in [-0.05, 0) is 64.3 Å². The molecule has 0 unspecified atom stereocenters. The fourth-order valence-electron chi connectivity index (χ4n) is 4.04. The van der Waals surface area contributed by atoms with Crippen LogP contribution >= 0.6 is 0 Å². The Bertz CT molecular complexity index is 754. The molecule has 1 saturated heterocycles. The van der Waals surface area contributed by atoms with Crippen LogP contribution in [0.25, 0.3) is 0 Å². The maximum absolute atomic E-state index is 12.7. The number of pyridine rings is 1. The molecule has 5 nitrogen and oxygen atoms in total. The van der Waals surface area contributed by atoms with Gasteiger partial charge < -0.3 is 15.4 Å². The standard InChI is InChI=1S/C22H29N3O2/c1-21(2)13-18(14-22(3,4)25-21)24-20(26)17-10-8-16(9-11-17)15-27-19-7-5-6-12-23-19/h5-12,18,25H,13-15H2,1-4H3,(H,24,26). The van der Waals surface area contributed by atoms with Crippen LogP contribution in [0.1, 0.15) is 56.5 Å². The number of hydrogen-bond donors (Lipinski definition) is 2. The van der Waals surface area contributed by atoms with Gasteiger partial charge in [0.2, 0.25) is 5.88 Å². The van der Waals surface area contributed by atoms with Crippen molar-refractivity contribution in [2.24, 2.45) is 0 Å². The van der Waals surface area contributed by atoms with Crippen LogP contribution in [0, 0.1) is 0 Å². The molecule has 1 aliphatic heterocycles. The van der Waals surface area contributed by atoms with E-state index in [-0.39, 0.29) is 23.0 Å². The van der Waals surface area contributed by atoms with Crippen molar-refractivity contribution in [3.63, 3.8) is 0 Å². The molecule has 5 heteroatoms. The molecule has 0 saturated carbocycles. The SMILES string of the molecule is CC1(C)CC(NC(=O)c2ccc(COc3ccccn3)cc2)CC(C)(C)N1. The van der Waals surface area contributed by atoms with Crippen LogP contribution < -0.4 is 15.4 Å². The number of amides is 1. The molecule has 1 aromatic carbocycles. The zero-order valence-electron chi connectivity index (χ0n) is 16.6. The second-order valence-corrected chi connectivity index (χ2v) is 8.62. The van der Waals surface area contributed by atoms with Gasteiger partial charge in [-0.1, -0.05) is 18.2 Å². The second kappa shape index (κ2) is 7.69. The van der Waals surface area contributed by atoms with Gasteiger partial charge >= 0.3 is 0 Å². The number of aromatic nitrogens is 1. The topological polar surface area (TPSA) is 63.2 Å². The average molecular weight is 367 g/mol. The minimum absolute atomic E-state index is 0.00632. The minimum atomic E-state index is -0.0225. The van der Waals surface area contributed by atoms with Gasteiger partial charge in [0.1, 0.15) is 6.61 Å². The number of nitrogens with one attached hydrogen (secondary N) is 2. The van der Waals surface area contributed by atoms with Crippen molar-refractivity contribution in [1.82, 2.24) is 15.6 Å². The number of benzene rings is 1. The molecule has 1 aromatic heterocycles. The number of hydrogen-bond acceptors (Lipinski definition) is 4. The molecule has 0 aliphatic carbocycles. The summed E-state index contributed by atoms with van der Waals surface area (Å²) in [4.78, 5) is 16.8. The Morgan fingerprint density at radius 3 is 2.37 bits per heavy atom. The first kappa shape index (κ1) is 19.4. The third kappa shape index (κ3) is 5.54. The second-order valence-electron chi connectivity index (χ2n) is 8.62. The van der Waals surface area contributed by atoms with E-state index in [9.17, 15) is 4.79 Å². The Morgan fingerprint density at radius 1 is 1.11 bits per heavy atom. The Kier molecular flexibility index (Phi) is 5.51. The molecule has 2 N–H and O–H groups in total. The van der Waals surface area contributed by atoms with E-state index in [4.69, 9.17) is 4.74 Å². The lowest BCUT2D eigenvalue weighted by Gasteiger charge is -2.46. The van der Waals surface area contributed by atoms with Crippen LogP contribution in [-0.2, 0) is 6.61 Å². The normalized spacial score (nSPS) is 18.7. The minimum Gasteiger partial charge on any atom is -0.473 e. The molecule has 0 radical (unpaired) electrons. The number of ether oxygens (including phenoxy) is 1. The highest BCUT2D eigenvalue weighted by Gasteiger charge is 2.38. The smallest absolute Gasteiger partial charge is 0.251 e. The van der Waals surface area contributed by atoms with Crippen molar-refractivity contribution in [3.8, 4) is 5.88 Å². The van der Waals surface area contributed by atoms with E-state index in [1.807, 2.05) is 42.5 Å². The van der Waals surface area contributed by atoms with E-state index in [0.29, 0.717) is 18.1 Å². The zero-order valence-corrected chi connectivity index (χ0v) is 16.6. The number of carbonyl (C=O) groups is 1. The zero-order chi connectivity index (χ0) is 19.5. The fourth-order valence-corrected chi connectivity index (χ4v) is 4.04. The van der Waals surface area contributed by atoms with E-state index < -0.39 is 0 Å². The maximum Gasteiger partial charge on any atom is 0.251 e. The molecule has 2 aromatic rings. The molecule has 0 bridgehead atoms. The summed E-state index contributed by atoms with van der Waals surface area (Å²) in [6.45, 7) is 9.16. The van der Waals surface area contributed by atoms with Crippen molar-refractivity contribution < 1.29 is 9.53 Å². The summed E-state index contributed by atoms with van der Waals surface area (Å²) in [6, 6.07) is 13.3. The van der Waals surface area contributed by atoms with Crippen LogP contribution in [0.15, 0.2) is 48.7 Å². The maximum atomic E-state index is 12.7. The van der Waals surface area contributed by atoms with E-state index in [0.717, 1.165) is 18.4 Å². The summed E-state index contributed by atoms with van der Waals surface area (Å²) < 4.78 is 5.64. The summed E-state index contributed by atoms with van der Waals surface area (Å²) in [5.41, 5.74) is 1.69. The quantitative estimate of drug-likeness (QED) is 0.846. The van der Waals surface area contributed by atoms with E-state index in [1.54, 1.807) is 6.20 Å². The molecule has 1 fully saturated rings. The van der Waals surface area contributed by atoms with E-state index in [2.05, 4.69) is 43.3 Å². The summed E-state index contributed by atoms with van der Waals surface area (Å²) in [6.07, 6.45) is 3.53. The molecule has 144 valence electrons. The predicted molar refractivity (Wildman–Crippen MR) is 107 cm³/mol. The van der Waals surface area contributed by atoms with Crippen LogP contribution in [0.2, 0.25) is 0 Å². The Morgan fingerprint density at radius 2 is 1.78 bits per heavy atom. The van der Waals surface area contributed by atoms with Crippen LogP contribution in [0.3, 0.4) is 0 Å². The highest BCUT2D eigenvalue weighted by atomic mass is 16.5. The first-order chi connectivity index (χ1) is 12.7. The van der Waals surface area contributed by atoms with Crippen molar-refractivity contribution in [2.75, 3.05) is 0 Å². The molecule has 3 rings (SSSR count). The molecule has 1 aliphatic rings. The van der Waals surface area contributed by atoms with Crippen molar-refractivity contribution in [2.45, 2.75) is 64.3 Å².